The molecule has 166 valence electrons. The van der Waals surface area contributed by atoms with E-state index in [9.17, 15) is 22.4 Å². The Morgan fingerprint density at radius 3 is 2.29 bits per heavy atom. The highest BCUT2D eigenvalue weighted by molar-refractivity contribution is 7.89. The number of amides is 2. The zero-order chi connectivity index (χ0) is 22.6. The molecule has 1 heterocycles. The molecule has 3 rings (SSSR count). The normalized spacial score (nSPS) is 15.6. The van der Waals surface area contributed by atoms with Crippen molar-refractivity contribution < 1.29 is 22.4 Å². The SMILES string of the molecule is CC(C)C(NC(=O)c1ccc(F)cc1)C(=O)Nc1cccc(S(=O)(=O)N2CCCC2)c1. The summed E-state index contributed by atoms with van der Waals surface area (Å²) in [6, 6.07) is 10.2. The largest absolute Gasteiger partial charge is 0.340 e. The van der Waals surface area contributed by atoms with Gasteiger partial charge in [0.2, 0.25) is 15.9 Å². The minimum atomic E-state index is -3.61. The lowest BCUT2D eigenvalue weighted by Crippen LogP contribution is -2.47. The fraction of sp³-hybridized carbons (Fsp3) is 0.364. The van der Waals surface area contributed by atoms with Gasteiger partial charge >= 0.3 is 0 Å². The summed E-state index contributed by atoms with van der Waals surface area (Å²) in [5.74, 6) is -1.67. The predicted octanol–water partition coefficient (Wildman–Crippen LogP) is 3.00. The lowest BCUT2D eigenvalue weighted by atomic mass is 10.0. The van der Waals surface area contributed by atoms with Crippen molar-refractivity contribution in [3.63, 3.8) is 0 Å². The lowest BCUT2D eigenvalue weighted by Gasteiger charge is -2.22. The van der Waals surface area contributed by atoms with Crippen molar-refractivity contribution in [3.05, 3.63) is 59.9 Å². The van der Waals surface area contributed by atoms with Gasteiger partial charge in [0.15, 0.2) is 0 Å². The summed E-state index contributed by atoms with van der Waals surface area (Å²) in [5.41, 5.74) is 0.561. The number of hydrogen-bond acceptors (Lipinski definition) is 4. The highest BCUT2D eigenvalue weighted by atomic mass is 32.2. The van der Waals surface area contributed by atoms with Gasteiger partial charge in [-0.1, -0.05) is 19.9 Å². The van der Waals surface area contributed by atoms with Gasteiger partial charge in [-0.15, -0.1) is 0 Å². The first-order chi connectivity index (χ1) is 14.7. The van der Waals surface area contributed by atoms with Crippen LogP contribution in [0.5, 0.6) is 0 Å². The number of carbonyl (C=O) groups is 2. The van der Waals surface area contributed by atoms with E-state index in [4.69, 9.17) is 0 Å². The number of anilines is 1. The molecule has 31 heavy (non-hydrogen) atoms. The molecule has 0 aliphatic carbocycles. The van der Waals surface area contributed by atoms with Gasteiger partial charge in [-0.25, -0.2) is 12.8 Å². The molecule has 1 aliphatic heterocycles. The number of nitrogens with one attached hydrogen (secondary N) is 2. The molecule has 1 fully saturated rings. The van der Waals surface area contributed by atoms with Crippen molar-refractivity contribution in [1.82, 2.24) is 9.62 Å². The molecule has 9 heteroatoms. The maximum atomic E-state index is 13.1. The Kier molecular flexibility index (Phi) is 7.07. The van der Waals surface area contributed by atoms with Crippen molar-refractivity contribution in [3.8, 4) is 0 Å². The number of rotatable bonds is 7. The maximum absolute atomic E-state index is 13.1. The van der Waals surface area contributed by atoms with Gasteiger partial charge in [0.05, 0.1) is 4.90 Å². The second-order valence-electron chi connectivity index (χ2n) is 7.83. The molecule has 0 bridgehead atoms. The van der Waals surface area contributed by atoms with Crippen molar-refractivity contribution in [2.24, 2.45) is 5.92 Å². The predicted molar refractivity (Wildman–Crippen MR) is 116 cm³/mol. The van der Waals surface area contributed by atoms with Gasteiger partial charge in [-0.3, -0.25) is 9.59 Å². The minimum absolute atomic E-state index is 0.114. The van der Waals surface area contributed by atoms with E-state index in [1.165, 1.54) is 40.7 Å². The van der Waals surface area contributed by atoms with E-state index in [2.05, 4.69) is 10.6 Å². The van der Waals surface area contributed by atoms with Crippen LogP contribution in [-0.2, 0) is 14.8 Å². The number of carbonyl (C=O) groups excluding carboxylic acids is 2. The first kappa shape index (κ1) is 22.9. The van der Waals surface area contributed by atoms with Crippen LogP contribution in [0.4, 0.5) is 10.1 Å². The van der Waals surface area contributed by atoms with Crippen LogP contribution in [0, 0.1) is 11.7 Å². The molecule has 0 radical (unpaired) electrons. The first-order valence-electron chi connectivity index (χ1n) is 10.2. The number of nitrogens with zero attached hydrogens (tertiary/aromatic N) is 1. The summed E-state index contributed by atoms with van der Waals surface area (Å²) in [4.78, 5) is 25.4. The fourth-order valence-corrected chi connectivity index (χ4v) is 4.96. The molecule has 1 unspecified atom stereocenters. The third-order valence-corrected chi connectivity index (χ3v) is 7.04. The van der Waals surface area contributed by atoms with E-state index >= 15 is 0 Å². The topological polar surface area (TPSA) is 95.6 Å². The molecule has 1 saturated heterocycles. The highest BCUT2D eigenvalue weighted by Gasteiger charge is 2.28. The van der Waals surface area contributed by atoms with Crippen molar-refractivity contribution >= 4 is 27.5 Å². The van der Waals surface area contributed by atoms with E-state index in [1.54, 1.807) is 26.0 Å². The monoisotopic (exact) mass is 447 g/mol. The molecule has 2 N–H and O–H groups in total. The van der Waals surface area contributed by atoms with Crippen LogP contribution in [0.15, 0.2) is 53.4 Å². The Labute approximate surface area is 181 Å². The van der Waals surface area contributed by atoms with Crippen LogP contribution in [0.3, 0.4) is 0 Å². The number of hydrogen-bond donors (Lipinski definition) is 2. The van der Waals surface area contributed by atoms with Gasteiger partial charge in [0.25, 0.3) is 5.91 Å². The molecule has 1 aliphatic rings. The molecule has 7 nitrogen and oxygen atoms in total. The first-order valence-corrected chi connectivity index (χ1v) is 11.6. The summed E-state index contributed by atoms with van der Waals surface area (Å²) in [6.07, 6.45) is 1.67. The average Bonchev–Trinajstić information content (AvgIpc) is 3.28. The molecule has 0 spiro atoms. The summed E-state index contributed by atoms with van der Waals surface area (Å²) < 4.78 is 40.1. The van der Waals surface area contributed by atoms with Crippen LogP contribution in [0.25, 0.3) is 0 Å². The average molecular weight is 448 g/mol. The number of sulfonamides is 1. The third-order valence-electron chi connectivity index (χ3n) is 5.15. The van der Waals surface area contributed by atoms with Crippen LogP contribution >= 0.6 is 0 Å². The second-order valence-corrected chi connectivity index (χ2v) is 9.77. The summed E-state index contributed by atoms with van der Waals surface area (Å²) in [6.45, 7) is 4.54. The standard InChI is InChI=1S/C22H26FN3O4S/c1-15(2)20(25-21(27)16-8-10-17(23)11-9-16)22(28)24-18-6-5-7-19(14-18)31(29,30)26-12-3-4-13-26/h5-11,14-15,20H,3-4,12-13H2,1-2H3,(H,24,28)(H,25,27). The second kappa shape index (κ2) is 9.57. The quantitative estimate of drug-likeness (QED) is 0.682. The van der Waals surface area contributed by atoms with E-state index in [1.807, 2.05) is 0 Å². The molecule has 1 atom stereocenters. The van der Waals surface area contributed by atoms with Crippen LogP contribution in [0.1, 0.15) is 37.0 Å². The van der Waals surface area contributed by atoms with Crippen LogP contribution in [0.2, 0.25) is 0 Å². The maximum Gasteiger partial charge on any atom is 0.251 e. The Bertz CT molecular complexity index is 1050. The van der Waals surface area contributed by atoms with Crippen molar-refractivity contribution in [2.75, 3.05) is 18.4 Å². The summed E-state index contributed by atoms with van der Waals surface area (Å²) >= 11 is 0. The van der Waals surface area contributed by atoms with Gasteiger partial charge < -0.3 is 10.6 Å². The van der Waals surface area contributed by atoms with Crippen LogP contribution in [-0.4, -0.2) is 43.7 Å². The molecule has 2 amide bonds. The Hall–Kier alpha value is -2.78. The molecule has 2 aromatic carbocycles. The van der Waals surface area contributed by atoms with Gasteiger partial charge in [-0.05, 0) is 61.2 Å². The van der Waals surface area contributed by atoms with Crippen LogP contribution < -0.4 is 10.6 Å². The Morgan fingerprint density at radius 2 is 1.68 bits per heavy atom. The Balaban J connectivity index is 1.73. The Morgan fingerprint density at radius 1 is 1.03 bits per heavy atom. The van der Waals surface area contributed by atoms with Gasteiger partial charge in [0.1, 0.15) is 11.9 Å². The lowest BCUT2D eigenvalue weighted by molar-refractivity contribution is -0.118. The number of benzene rings is 2. The smallest absolute Gasteiger partial charge is 0.251 e. The fourth-order valence-electron chi connectivity index (χ4n) is 3.39. The van der Waals surface area contributed by atoms with Crippen molar-refractivity contribution in [2.45, 2.75) is 37.6 Å². The molecule has 2 aromatic rings. The van der Waals surface area contributed by atoms with E-state index < -0.39 is 33.7 Å². The van der Waals surface area contributed by atoms with Gasteiger partial charge in [0, 0.05) is 24.3 Å². The van der Waals surface area contributed by atoms with E-state index in [0.717, 1.165) is 12.8 Å². The molecular formula is C22H26FN3O4S. The number of halogens is 1. The third kappa shape index (κ3) is 5.48. The highest BCUT2D eigenvalue weighted by Crippen LogP contribution is 2.23. The molecular weight excluding hydrogens is 421 g/mol. The van der Waals surface area contributed by atoms with Gasteiger partial charge in [-0.2, -0.15) is 4.31 Å². The van der Waals surface area contributed by atoms with E-state index in [-0.39, 0.29) is 16.4 Å². The van der Waals surface area contributed by atoms with Crippen molar-refractivity contribution in [1.29, 1.82) is 0 Å². The zero-order valence-electron chi connectivity index (χ0n) is 17.5. The molecule has 0 saturated carbocycles. The summed E-state index contributed by atoms with van der Waals surface area (Å²) in [5, 5.41) is 5.36. The summed E-state index contributed by atoms with van der Waals surface area (Å²) in [7, 11) is -3.61. The molecule has 0 aromatic heterocycles. The minimum Gasteiger partial charge on any atom is -0.340 e. The van der Waals surface area contributed by atoms with E-state index in [0.29, 0.717) is 18.8 Å². The zero-order valence-corrected chi connectivity index (χ0v) is 18.3.